The topological polar surface area (TPSA) is 44.1 Å². The smallest absolute Gasteiger partial charge is 0.227 e. The van der Waals surface area contributed by atoms with Gasteiger partial charge in [0.2, 0.25) is 5.91 Å². The summed E-state index contributed by atoms with van der Waals surface area (Å²) < 4.78 is 0.730. The summed E-state index contributed by atoms with van der Waals surface area (Å²) in [5.41, 5.74) is 1.51. The molecule has 102 valence electrons. The van der Waals surface area contributed by atoms with Crippen LogP contribution in [-0.4, -0.2) is 17.9 Å². The van der Waals surface area contributed by atoms with Gasteiger partial charge in [-0.2, -0.15) is 5.26 Å². The Bertz CT molecular complexity index is 643. The molecule has 0 fully saturated rings. The van der Waals surface area contributed by atoms with Crippen LogP contribution >= 0.6 is 22.9 Å². The Kier molecular flexibility index (Phi) is 4.78. The third-order valence-electron chi connectivity index (χ3n) is 2.89. The number of halogens is 1. The van der Waals surface area contributed by atoms with Gasteiger partial charge in [-0.1, -0.05) is 23.7 Å². The molecule has 0 radical (unpaired) electrons. The van der Waals surface area contributed by atoms with E-state index >= 15 is 0 Å². The largest absolute Gasteiger partial charge is 0.340 e. The van der Waals surface area contributed by atoms with Crippen LogP contribution in [0.15, 0.2) is 36.4 Å². The maximum absolute atomic E-state index is 12.1. The van der Waals surface area contributed by atoms with Crippen molar-refractivity contribution in [3.8, 4) is 6.07 Å². The summed E-state index contributed by atoms with van der Waals surface area (Å²) in [5.74, 6) is 0.0410. The van der Waals surface area contributed by atoms with Crippen molar-refractivity contribution in [1.82, 2.24) is 4.90 Å². The number of carbonyl (C=O) groups is 1. The zero-order valence-corrected chi connectivity index (χ0v) is 12.5. The van der Waals surface area contributed by atoms with Crippen LogP contribution in [0.4, 0.5) is 0 Å². The molecule has 1 aromatic carbocycles. The number of amides is 1. The van der Waals surface area contributed by atoms with Crippen molar-refractivity contribution in [2.24, 2.45) is 0 Å². The molecule has 2 aromatic rings. The van der Waals surface area contributed by atoms with Gasteiger partial charge in [0, 0.05) is 11.9 Å². The molecule has 1 amide bonds. The van der Waals surface area contributed by atoms with Gasteiger partial charge in [0.15, 0.2) is 0 Å². The molecule has 20 heavy (non-hydrogen) atoms. The molecule has 5 heteroatoms. The molecule has 0 bridgehead atoms. The van der Waals surface area contributed by atoms with Crippen LogP contribution in [0.3, 0.4) is 0 Å². The molecule has 3 nitrogen and oxygen atoms in total. The summed E-state index contributed by atoms with van der Waals surface area (Å²) in [6.45, 7) is 0.562. The molecular formula is C15H13ClN2OS. The molecule has 0 aliphatic heterocycles. The zero-order valence-electron chi connectivity index (χ0n) is 11.0. The highest BCUT2D eigenvalue weighted by atomic mass is 35.5. The Balaban J connectivity index is 1.95. The van der Waals surface area contributed by atoms with E-state index in [1.54, 1.807) is 24.1 Å². The van der Waals surface area contributed by atoms with Crippen LogP contribution in [-0.2, 0) is 17.8 Å². The fraction of sp³-hybridized carbons (Fsp3) is 0.200. The number of hydrogen-bond acceptors (Lipinski definition) is 3. The number of rotatable bonds is 4. The maximum Gasteiger partial charge on any atom is 0.227 e. The van der Waals surface area contributed by atoms with Crippen molar-refractivity contribution in [1.29, 1.82) is 5.26 Å². The van der Waals surface area contributed by atoms with Crippen LogP contribution in [0.25, 0.3) is 0 Å². The van der Waals surface area contributed by atoms with E-state index in [1.807, 2.05) is 24.3 Å². The number of likely N-dealkylation sites (N-methyl/N-ethyl adjacent to an activating group) is 1. The number of nitriles is 1. The lowest BCUT2D eigenvalue weighted by molar-refractivity contribution is -0.129. The normalized spacial score (nSPS) is 10.1. The van der Waals surface area contributed by atoms with Crippen molar-refractivity contribution < 1.29 is 4.79 Å². The number of thiophene rings is 1. The lowest BCUT2D eigenvalue weighted by atomic mass is 10.1. The average molecular weight is 305 g/mol. The van der Waals surface area contributed by atoms with Crippen LogP contribution in [0.1, 0.15) is 16.0 Å². The lowest BCUT2D eigenvalue weighted by Crippen LogP contribution is -2.27. The van der Waals surface area contributed by atoms with Gasteiger partial charge in [0.25, 0.3) is 0 Å². The van der Waals surface area contributed by atoms with Crippen LogP contribution in [0.5, 0.6) is 0 Å². The summed E-state index contributed by atoms with van der Waals surface area (Å²) in [7, 11) is 1.78. The van der Waals surface area contributed by atoms with Gasteiger partial charge >= 0.3 is 0 Å². The molecule has 2 rings (SSSR count). The molecule has 0 N–H and O–H groups in total. The quantitative estimate of drug-likeness (QED) is 0.868. The maximum atomic E-state index is 12.1. The third-order valence-corrected chi connectivity index (χ3v) is 4.10. The van der Waals surface area contributed by atoms with Gasteiger partial charge in [-0.3, -0.25) is 4.79 Å². The van der Waals surface area contributed by atoms with Gasteiger partial charge in [0.05, 0.1) is 28.9 Å². The van der Waals surface area contributed by atoms with Crippen molar-refractivity contribution >= 4 is 28.8 Å². The van der Waals surface area contributed by atoms with Crippen LogP contribution in [0.2, 0.25) is 4.34 Å². The Labute approximate surface area is 127 Å². The summed E-state index contributed by atoms with van der Waals surface area (Å²) >= 11 is 7.35. The first-order valence-corrected chi connectivity index (χ1v) is 7.25. The van der Waals surface area contributed by atoms with E-state index in [2.05, 4.69) is 6.07 Å². The predicted octanol–water partition coefficient (Wildman–Crippen LogP) is 3.47. The number of nitrogens with zero attached hydrogens (tertiary/aromatic N) is 2. The summed E-state index contributed by atoms with van der Waals surface area (Å²) in [4.78, 5) is 14.9. The first-order chi connectivity index (χ1) is 9.58. The third kappa shape index (κ3) is 3.83. The van der Waals surface area contributed by atoms with Crippen molar-refractivity contribution in [3.05, 3.63) is 56.7 Å². The molecule has 0 aliphatic rings. The van der Waals surface area contributed by atoms with Crippen molar-refractivity contribution in [2.75, 3.05) is 7.05 Å². The summed E-state index contributed by atoms with van der Waals surface area (Å²) in [6.07, 6.45) is 0.335. The van der Waals surface area contributed by atoms with Gasteiger partial charge < -0.3 is 4.90 Å². The molecule has 0 saturated carbocycles. The minimum absolute atomic E-state index is 0.0410. The standard InChI is InChI=1S/C15H13ClN2OS/c1-18(10-13-6-7-14(16)20-13)15(19)8-11-2-4-12(9-17)5-3-11/h2-7H,8,10H2,1H3. The first-order valence-electron chi connectivity index (χ1n) is 6.05. The number of carbonyl (C=O) groups excluding carboxylic acids is 1. The highest BCUT2D eigenvalue weighted by Crippen LogP contribution is 2.22. The average Bonchev–Trinajstić information content (AvgIpc) is 2.85. The summed E-state index contributed by atoms with van der Waals surface area (Å²) in [6, 6.07) is 12.9. The predicted molar refractivity (Wildman–Crippen MR) is 80.7 cm³/mol. The molecule has 0 aliphatic carbocycles. The van der Waals surface area contributed by atoms with Gasteiger partial charge in [0.1, 0.15) is 0 Å². The molecule has 0 unspecified atom stereocenters. The highest BCUT2D eigenvalue weighted by Gasteiger charge is 2.11. The second-order valence-electron chi connectivity index (χ2n) is 4.44. The second kappa shape index (κ2) is 6.56. The van der Waals surface area contributed by atoms with Crippen molar-refractivity contribution in [3.63, 3.8) is 0 Å². The second-order valence-corrected chi connectivity index (χ2v) is 6.24. The van der Waals surface area contributed by atoms with Crippen molar-refractivity contribution in [2.45, 2.75) is 13.0 Å². The zero-order chi connectivity index (χ0) is 14.5. The van der Waals surface area contributed by atoms with E-state index in [-0.39, 0.29) is 5.91 Å². The van der Waals surface area contributed by atoms with E-state index in [4.69, 9.17) is 16.9 Å². The van der Waals surface area contributed by atoms with E-state index in [9.17, 15) is 4.79 Å². The minimum atomic E-state index is 0.0410. The monoisotopic (exact) mass is 304 g/mol. The number of benzene rings is 1. The molecule has 1 aromatic heterocycles. The molecule has 1 heterocycles. The Morgan fingerprint density at radius 2 is 2.00 bits per heavy atom. The van der Waals surface area contributed by atoms with E-state index in [0.29, 0.717) is 18.5 Å². The van der Waals surface area contributed by atoms with Crippen LogP contribution in [0, 0.1) is 11.3 Å². The van der Waals surface area contributed by atoms with Crippen LogP contribution < -0.4 is 0 Å². The Hall–Kier alpha value is -1.83. The fourth-order valence-corrected chi connectivity index (χ4v) is 2.91. The molecular weight excluding hydrogens is 292 g/mol. The van der Waals surface area contributed by atoms with Gasteiger partial charge in [-0.05, 0) is 29.8 Å². The van der Waals surface area contributed by atoms with E-state index in [1.165, 1.54) is 11.3 Å². The SMILES string of the molecule is CN(Cc1ccc(Cl)s1)C(=O)Cc1ccc(C#N)cc1. The first kappa shape index (κ1) is 14.6. The Morgan fingerprint density at radius 3 is 2.55 bits per heavy atom. The van der Waals surface area contributed by atoms with Gasteiger partial charge in [-0.25, -0.2) is 0 Å². The fourth-order valence-electron chi connectivity index (χ4n) is 1.77. The molecule has 0 atom stereocenters. The minimum Gasteiger partial charge on any atom is -0.340 e. The van der Waals surface area contributed by atoms with E-state index in [0.717, 1.165) is 14.8 Å². The lowest BCUT2D eigenvalue weighted by Gasteiger charge is -2.16. The number of hydrogen-bond donors (Lipinski definition) is 0. The van der Waals surface area contributed by atoms with Gasteiger partial charge in [-0.15, -0.1) is 11.3 Å². The Morgan fingerprint density at radius 1 is 1.30 bits per heavy atom. The molecule has 0 saturated heterocycles. The highest BCUT2D eigenvalue weighted by molar-refractivity contribution is 7.16. The molecule has 0 spiro atoms. The van der Waals surface area contributed by atoms with E-state index < -0.39 is 0 Å². The summed E-state index contributed by atoms with van der Waals surface area (Å²) in [5, 5.41) is 8.73.